The maximum absolute atomic E-state index is 14.0. The highest BCUT2D eigenvalue weighted by Gasteiger charge is 2.30. The second-order valence-electron chi connectivity index (χ2n) is 6.79. The topological polar surface area (TPSA) is 84.2 Å². The van der Waals surface area contributed by atoms with Gasteiger partial charge in [0.1, 0.15) is 11.6 Å². The van der Waals surface area contributed by atoms with Gasteiger partial charge in [0.25, 0.3) is 5.91 Å². The fourth-order valence-electron chi connectivity index (χ4n) is 2.89. The summed E-state index contributed by atoms with van der Waals surface area (Å²) in [5, 5.41) is 8.53. The van der Waals surface area contributed by atoms with E-state index in [1.165, 1.54) is 12.1 Å². The van der Waals surface area contributed by atoms with Gasteiger partial charge in [0.15, 0.2) is 0 Å². The molecule has 0 unspecified atom stereocenters. The highest BCUT2D eigenvalue weighted by molar-refractivity contribution is 6.05. The first-order valence-electron chi connectivity index (χ1n) is 9.04. The van der Waals surface area contributed by atoms with Gasteiger partial charge in [-0.1, -0.05) is 11.2 Å². The zero-order valence-electron chi connectivity index (χ0n) is 16.4. The van der Waals surface area contributed by atoms with Crippen molar-refractivity contribution >= 4 is 23.2 Å². The summed E-state index contributed by atoms with van der Waals surface area (Å²) in [6.45, 7) is 3.33. The summed E-state index contributed by atoms with van der Waals surface area (Å²) in [6, 6.07) is 7.20. The molecule has 1 aromatic heterocycles. The minimum Gasteiger partial charge on any atom is -0.361 e. The molecule has 0 spiro atoms. The molecular weight excluding hydrogens is 418 g/mol. The number of nitrogens with zero attached hydrogens (tertiary/aromatic N) is 1. The minimum atomic E-state index is -4.57. The summed E-state index contributed by atoms with van der Waals surface area (Å²) >= 11 is 0. The first-order chi connectivity index (χ1) is 14.5. The van der Waals surface area contributed by atoms with Crippen molar-refractivity contribution in [2.75, 3.05) is 10.6 Å². The Balaban J connectivity index is 1.74. The van der Waals surface area contributed by atoms with E-state index in [2.05, 4.69) is 15.8 Å². The van der Waals surface area contributed by atoms with Gasteiger partial charge in [-0.05, 0) is 50.2 Å². The summed E-state index contributed by atoms with van der Waals surface area (Å²) < 4.78 is 57.5. The van der Waals surface area contributed by atoms with E-state index in [-0.39, 0.29) is 23.4 Å². The number of benzene rings is 2. The molecule has 2 aromatic carbocycles. The van der Waals surface area contributed by atoms with Crippen LogP contribution in [-0.2, 0) is 17.4 Å². The minimum absolute atomic E-state index is 0.0194. The number of aryl methyl sites for hydroxylation is 2. The molecule has 2 amide bonds. The zero-order chi connectivity index (χ0) is 22.8. The van der Waals surface area contributed by atoms with E-state index in [1.807, 2.05) is 0 Å². The number of alkyl halides is 3. The van der Waals surface area contributed by atoms with Gasteiger partial charge in [0.05, 0.1) is 17.7 Å². The lowest BCUT2D eigenvalue weighted by molar-refractivity contribution is -0.137. The van der Waals surface area contributed by atoms with Crippen LogP contribution < -0.4 is 10.6 Å². The highest BCUT2D eigenvalue weighted by atomic mass is 19.4. The normalized spacial score (nSPS) is 11.3. The molecule has 3 aromatic rings. The maximum Gasteiger partial charge on any atom is 0.416 e. The Labute approximate surface area is 174 Å². The second kappa shape index (κ2) is 8.58. The lowest BCUT2D eigenvalue weighted by atomic mass is 10.1. The van der Waals surface area contributed by atoms with Gasteiger partial charge in [0.2, 0.25) is 5.91 Å². The van der Waals surface area contributed by atoms with Crippen molar-refractivity contribution in [3.05, 3.63) is 76.4 Å². The van der Waals surface area contributed by atoms with Crippen LogP contribution in [0.5, 0.6) is 0 Å². The largest absolute Gasteiger partial charge is 0.416 e. The first-order valence-corrected chi connectivity index (χ1v) is 9.04. The van der Waals surface area contributed by atoms with Crippen molar-refractivity contribution in [1.29, 1.82) is 0 Å². The molecule has 0 aliphatic carbocycles. The molecule has 0 saturated heterocycles. The van der Waals surface area contributed by atoms with Crippen molar-refractivity contribution in [2.24, 2.45) is 0 Å². The molecule has 3 rings (SSSR count). The smallest absolute Gasteiger partial charge is 0.361 e. The van der Waals surface area contributed by atoms with E-state index in [4.69, 9.17) is 4.52 Å². The van der Waals surface area contributed by atoms with Gasteiger partial charge >= 0.3 is 6.18 Å². The fraction of sp³-hybridized carbons (Fsp3) is 0.190. The first kappa shape index (κ1) is 22.0. The fourth-order valence-corrected chi connectivity index (χ4v) is 2.89. The van der Waals surface area contributed by atoms with Crippen LogP contribution in [0.4, 0.5) is 28.9 Å². The van der Waals surface area contributed by atoms with Crippen molar-refractivity contribution in [2.45, 2.75) is 26.4 Å². The third kappa shape index (κ3) is 5.47. The van der Waals surface area contributed by atoms with Crippen LogP contribution in [0.1, 0.15) is 32.9 Å². The zero-order valence-corrected chi connectivity index (χ0v) is 16.4. The number of nitrogens with one attached hydrogen (secondary N) is 2. The van der Waals surface area contributed by atoms with Crippen molar-refractivity contribution in [1.82, 2.24) is 5.16 Å². The number of aromatic nitrogens is 1. The van der Waals surface area contributed by atoms with E-state index in [9.17, 15) is 27.2 Å². The molecule has 0 bridgehead atoms. The van der Waals surface area contributed by atoms with Crippen LogP contribution in [-0.4, -0.2) is 17.0 Å². The second-order valence-corrected chi connectivity index (χ2v) is 6.79. The number of hydrogen-bond donors (Lipinski definition) is 2. The lowest BCUT2D eigenvalue weighted by Crippen LogP contribution is -2.17. The molecule has 6 nitrogen and oxygen atoms in total. The van der Waals surface area contributed by atoms with Crippen molar-refractivity contribution in [3.63, 3.8) is 0 Å². The third-order valence-electron chi connectivity index (χ3n) is 4.41. The van der Waals surface area contributed by atoms with Gasteiger partial charge in [-0.2, -0.15) is 13.2 Å². The van der Waals surface area contributed by atoms with Crippen LogP contribution in [0.15, 0.2) is 47.0 Å². The predicted octanol–water partition coefficient (Wildman–Crippen LogP) is 4.88. The van der Waals surface area contributed by atoms with E-state index in [1.54, 1.807) is 13.8 Å². The number of carbonyl (C=O) groups is 2. The van der Waals surface area contributed by atoms with Gasteiger partial charge in [0, 0.05) is 22.5 Å². The van der Waals surface area contributed by atoms with Crippen molar-refractivity contribution in [3.8, 4) is 0 Å². The Bertz CT molecular complexity index is 1120. The molecule has 0 aliphatic rings. The monoisotopic (exact) mass is 435 g/mol. The Morgan fingerprint density at radius 1 is 1.03 bits per heavy atom. The molecule has 0 atom stereocenters. The predicted molar refractivity (Wildman–Crippen MR) is 104 cm³/mol. The average molecular weight is 435 g/mol. The highest BCUT2D eigenvalue weighted by Crippen LogP contribution is 2.30. The molecule has 0 radical (unpaired) electrons. The average Bonchev–Trinajstić information content (AvgIpc) is 2.99. The summed E-state index contributed by atoms with van der Waals surface area (Å²) in [7, 11) is 0. The standard InChI is InChI=1S/C21H17F4N3O3/c1-11-18(12(2)31-28-11)10-19(29)26-17-7-13(6-15(22)9-17)20(30)27-16-5-3-4-14(8-16)21(23,24)25/h3-9H,10H2,1-2H3,(H,26,29)(H,27,30). The number of amides is 2. The number of rotatable bonds is 5. The van der Waals surface area contributed by atoms with E-state index < -0.39 is 29.4 Å². The van der Waals surface area contributed by atoms with E-state index in [0.717, 1.165) is 30.3 Å². The Hall–Kier alpha value is -3.69. The van der Waals surface area contributed by atoms with Gasteiger partial charge in [-0.3, -0.25) is 9.59 Å². The van der Waals surface area contributed by atoms with Gasteiger partial charge in [-0.15, -0.1) is 0 Å². The van der Waals surface area contributed by atoms with E-state index in [0.29, 0.717) is 17.0 Å². The number of anilines is 2. The molecule has 0 aliphatic heterocycles. The number of halogens is 4. The molecule has 0 saturated carbocycles. The molecule has 162 valence electrons. The molecule has 31 heavy (non-hydrogen) atoms. The summed E-state index contributed by atoms with van der Waals surface area (Å²) in [5.74, 6) is -1.64. The van der Waals surface area contributed by atoms with E-state index >= 15 is 0 Å². The Morgan fingerprint density at radius 2 is 1.77 bits per heavy atom. The summed E-state index contributed by atoms with van der Waals surface area (Å²) in [5.41, 5.74) is -0.0506. The SMILES string of the molecule is Cc1noc(C)c1CC(=O)Nc1cc(F)cc(C(=O)Nc2cccc(C(F)(F)F)c2)c1. The Morgan fingerprint density at radius 3 is 2.42 bits per heavy atom. The van der Waals surface area contributed by atoms with Crippen LogP contribution >= 0.6 is 0 Å². The molecule has 0 fully saturated rings. The molecule has 1 heterocycles. The van der Waals surface area contributed by atoms with Crippen LogP contribution in [0.3, 0.4) is 0 Å². The number of hydrogen-bond acceptors (Lipinski definition) is 4. The molecule has 10 heteroatoms. The third-order valence-corrected chi connectivity index (χ3v) is 4.41. The maximum atomic E-state index is 14.0. The summed E-state index contributed by atoms with van der Waals surface area (Å²) in [6.07, 6.45) is -4.64. The van der Waals surface area contributed by atoms with Crippen LogP contribution in [0, 0.1) is 19.7 Å². The van der Waals surface area contributed by atoms with Crippen LogP contribution in [0.25, 0.3) is 0 Å². The molecular formula is C21H17F4N3O3. The van der Waals surface area contributed by atoms with Gasteiger partial charge in [-0.25, -0.2) is 4.39 Å². The van der Waals surface area contributed by atoms with Crippen LogP contribution in [0.2, 0.25) is 0 Å². The quantitative estimate of drug-likeness (QED) is 0.560. The lowest BCUT2D eigenvalue weighted by Gasteiger charge is -2.11. The van der Waals surface area contributed by atoms with Gasteiger partial charge < -0.3 is 15.2 Å². The summed E-state index contributed by atoms with van der Waals surface area (Å²) in [4.78, 5) is 24.7. The van der Waals surface area contributed by atoms with Crippen molar-refractivity contribution < 1.29 is 31.7 Å². The number of carbonyl (C=O) groups excluding carboxylic acids is 2. The Kier molecular flexibility index (Phi) is 6.09. The molecule has 2 N–H and O–H groups in total.